The Hall–Kier alpha value is -4.51. The number of ether oxygens (including phenoxy) is 1. The molecule has 6 aromatic rings. The highest BCUT2D eigenvalue weighted by atomic mass is 35.5. The second kappa shape index (κ2) is 22.3. The van der Waals surface area contributed by atoms with Crippen molar-refractivity contribution < 1.29 is 19.1 Å². The number of aromatic nitrogens is 2. The number of rotatable bonds is 10. The monoisotopic (exact) mass is 1030 g/mol. The summed E-state index contributed by atoms with van der Waals surface area (Å²) in [5, 5.41) is 1.20. The molecule has 2 saturated carbocycles. The molecule has 8 rings (SSSR count). The number of halogens is 2. The summed E-state index contributed by atoms with van der Waals surface area (Å²) < 4.78 is 5.51. The number of carbonyl (C=O) groups excluding carboxylic acids is 3. The fourth-order valence-electron chi connectivity index (χ4n) is 9.83. The fraction of sp³-hybridized carbons (Fsp3) is 0.450. The molecule has 0 aliphatic heterocycles. The Bertz CT molecular complexity index is 2900. The van der Waals surface area contributed by atoms with Crippen LogP contribution in [0.5, 0.6) is 0 Å². The first-order valence-corrected chi connectivity index (χ1v) is 27.5. The van der Waals surface area contributed by atoms with Crippen molar-refractivity contribution >= 4 is 63.4 Å². The van der Waals surface area contributed by atoms with Crippen LogP contribution in [0.2, 0.25) is 10.0 Å². The molecule has 4 aromatic heterocycles. The first-order chi connectivity index (χ1) is 33.3. The van der Waals surface area contributed by atoms with E-state index in [0.717, 1.165) is 82.8 Å². The van der Waals surface area contributed by atoms with Crippen LogP contribution in [0.15, 0.2) is 85.2 Å². The predicted octanol–water partition coefficient (Wildman–Crippen LogP) is 16.9. The van der Waals surface area contributed by atoms with Crippen molar-refractivity contribution in [2.75, 3.05) is 0 Å². The summed E-state index contributed by atoms with van der Waals surface area (Å²) in [5.74, 6) is 0.208. The zero-order valence-corrected chi connectivity index (χ0v) is 46.6. The molecule has 4 atom stereocenters. The van der Waals surface area contributed by atoms with Gasteiger partial charge < -0.3 is 10.5 Å². The highest BCUT2D eigenvalue weighted by molar-refractivity contribution is 7.16. The lowest BCUT2D eigenvalue weighted by molar-refractivity contribution is -0.156. The number of nitrogens with zero attached hydrogens (tertiary/aromatic N) is 2. The van der Waals surface area contributed by atoms with Crippen LogP contribution in [-0.2, 0) is 20.4 Å². The largest absolute Gasteiger partial charge is 0.460 e. The molecule has 376 valence electrons. The average molecular weight is 1030 g/mol. The summed E-state index contributed by atoms with van der Waals surface area (Å²) in [4.78, 5) is 52.5. The zero-order chi connectivity index (χ0) is 51.6. The Morgan fingerprint density at radius 3 is 1.48 bits per heavy atom. The summed E-state index contributed by atoms with van der Waals surface area (Å²) >= 11 is 16.9. The molecule has 2 unspecified atom stereocenters. The van der Waals surface area contributed by atoms with Crippen LogP contribution < -0.4 is 5.73 Å². The van der Waals surface area contributed by atoms with Gasteiger partial charge in [-0.05, 0) is 150 Å². The van der Waals surface area contributed by atoms with E-state index in [4.69, 9.17) is 33.7 Å². The maximum atomic E-state index is 13.4. The van der Waals surface area contributed by atoms with E-state index >= 15 is 0 Å². The maximum absolute atomic E-state index is 13.4. The normalized spacial score (nSPS) is 18.6. The molecule has 0 radical (unpaired) electrons. The van der Waals surface area contributed by atoms with E-state index in [0.29, 0.717) is 34.0 Å². The summed E-state index contributed by atoms with van der Waals surface area (Å²) in [6, 6.07) is 24.4. The molecule has 71 heavy (non-hydrogen) atoms. The number of thiophene rings is 2. The van der Waals surface area contributed by atoms with Gasteiger partial charge in [-0.25, -0.2) is 0 Å². The molecule has 0 amide bonds. The number of aryl methyl sites for hydroxylation is 2. The third kappa shape index (κ3) is 13.8. The SMILES string of the molecule is Cc1sc(-c2ccc(C(=O)C3CCC[C@@H](CC(=O)OC(C)(C)C)C3)cc2Cl)cc1-c1ccnc(C(C)(C)C)c1.Cc1sc(-c2ccc(C(=O)C3CCC[C@@H](N)C3)cc2Cl)cc1-c1ccnc(C(C)(C)C)c1. The van der Waals surface area contributed by atoms with Crippen LogP contribution in [0.1, 0.15) is 162 Å². The third-order valence-corrected chi connectivity index (χ3v) is 16.5. The van der Waals surface area contributed by atoms with Crippen molar-refractivity contribution in [2.45, 2.75) is 156 Å². The van der Waals surface area contributed by atoms with Crippen molar-refractivity contribution in [1.29, 1.82) is 0 Å². The topological polar surface area (TPSA) is 112 Å². The van der Waals surface area contributed by atoms with Crippen molar-refractivity contribution in [3.05, 3.63) is 128 Å². The van der Waals surface area contributed by atoms with Gasteiger partial charge in [-0.1, -0.05) is 102 Å². The molecule has 0 spiro atoms. The minimum Gasteiger partial charge on any atom is -0.460 e. The van der Waals surface area contributed by atoms with Crippen molar-refractivity contribution in [3.63, 3.8) is 0 Å². The number of hydrogen-bond donors (Lipinski definition) is 1. The number of nitrogens with two attached hydrogens (primary N) is 1. The first-order valence-electron chi connectivity index (χ1n) is 25.1. The second-order valence-corrected chi connectivity index (χ2v) is 26.1. The van der Waals surface area contributed by atoms with E-state index in [2.05, 4.69) is 102 Å². The fourth-order valence-corrected chi connectivity index (χ4v) is 12.7. The van der Waals surface area contributed by atoms with Crippen LogP contribution in [0.25, 0.3) is 43.1 Å². The summed E-state index contributed by atoms with van der Waals surface area (Å²) in [6.45, 7) is 22.9. The molecule has 2 N–H and O–H groups in total. The predicted molar refractivity (Wildman–Crippen MR) is 297 cm³/mol. The van der Waals surface area contributed by atoms with E-state index in [9.17, 15) is 14.4 Å². The Balaban J connectivity index is 0.000000213. The molecule has 2 aliphatic carbocycles. The van der Waals surface area contributed by atoms with Gasteiger partial charge in [-0.2, -0.15) is 0 Å². The van der Waals surface area contributed by atoms with Crippen molar-refractivity contribution in [3.8, 4) is 43.1 Å². The van der Waals surface area contributed by atoms with Gasteiger partial charge in [0.25, 0.3) is 0 Å². The van der Waals surface area contributed by atoms with E-state index in [1.54, 1.807) is 22.7 Å². The van der Waals surface area contributed by atoms with Gasteiger partial charge in [0.15, 0.2) is 11.6 Å². The van der Waals surface area contributed by atoms with E-state index < -0.39 is 5.60 Å². The van der Waals surface area contributed by atoms with Gasteiger partial charge in [0.2, 0.25) is 0 Å². The highest BCUT2D eigenvalue weighted by Gasteiger charge is 2.31. The van der Waals surface area contributed by atoms with Gasteiger partial charge in [-0.15, -0.1) is 22.7 Å². The number of carbonyl (C=O) groups is 3. The lowest BCUT2D eigenvalue weighted by Crippen LogP contribution is -2.31. The van der Waals surface area contributed by atoms with Crippen LogP contribution >= 0.6 is 45.9 Å². The zero-order valence-electron chi connectivity index (χ0n) is 43.4. The van der Waals surface area contributed by atoms with Gasteiger partial charge in [0.1, 0.15) is 5.60 Å². The highest BCUT2D eigenvalue weighted by Crippen LogP contribution is 2.43. The van der Waals surface area contributed by atoms with Crippen LogP contribution in [-0.4, -0.2) is 39.1 Å². The lowest BCUT2D eigenvalue weighted by Gasteiger charge is -2.29. The molecule has 0 bridgehead atoms. The quantitative estimate of drug-likeness (QED) is 0.107. The van der Waals surface area contributed by atoms with Gasteiger partial charge >= 0.3 is 5.97 Å². The van der Waals surface area contributed by atoms with Gasteiger partial charge in [-0.3, -0.25) is 24.4 Å². The number of Topliss-reactive ketones (excluding diaryl/α,β-unsaturated/α-hetero) is 2. The smallest absolute Gasteiger partial charge is 0.306 e. The van der Waals surface area contributed by atoms with E-state index in [1.807, 2.05) is 69.6 Å². The molecule has 11 heteroatoms. The standard InChI is InChI=1S/C33H40ClNO3S.C27H31ClN2OS/c1-20-26(22-13-14-35-29(18-22)32(2,3)4)19-28(39-20)25-12-11-24(17-27(25)34)31(37)23-10-8-9-21(15-23)16-30(36)38-33(5,6)7;1-16-22(17-10-11-30-25(14-17)27(2,3)4)15-24(32-16)21-9-8-19(13-23(21)28)26(31)18-6-5-7-20(29)12-18/h11-14,17-19,21,23H,8-10,15-16H2,1-7H3;8-11,13-15,18,20H,5-7,12,29H2,1-4H3/t21-,23?;18?,20-/m11/s1. The van der Waals surface area contributed by atoms with Gasteiger partial charge in [0, 0.05) is 111 Å². The van der Waals surface area contributed by atoms with Gasteiger partial charge in [0.05, 0.1) is 0 Å². The third-order valence-electron chi connectivity index (χ3n) is 13.7. The number of esters is 1. The molecular formula is C60H71Cl2N3O4S2. The summed E-state index contributed by atoms with van der Waals surface area (Å²) in [6.07, 6.45) is 11.3. The minimum atomic E-state index is -0.491. The number of hydrogen-bond acceptors (Lipinski definition) is 9. The molecule has 2 aliphatic rings. The van der Waals surface area contributed by atoms with E-state index in [-0.39, 0.29) is 52.2 Å². The molecule has 2 aromatic carbocycles. The van der Waals surface area contributed by atoms with Crippen molar-refractivity contribution in [1.82, 2.24) is 9.97 Å². The first kappa shape index (κ1) is 54.3. The Morgan fingerprint density at radius 1 is 0.606 bits per heavy atom. The molecule has 7 nitrogen and oxygen atoms in total. The van der Waals surface area contributed by atoms with E-state index in [1.165, 1.54) is 26.4 Å². The second-order valence-electron chi connectivity index (χ2n) is 22.8. The molecule has 2 fully saturated rings. The Kier molecular flexibility index (Phi) is 17.1. The van der Waals surface area contributed by atoms with Crippen molar-refractivity contribution in [2.24, 2.45) is 23.5 Å². The molecule has 0 saturated heterocycles. The lowest BCUT2D eigenvalue weighted by atomic mass is 9.76. The van der Waals surface area contributed by atoms with Crippen LogP contribution in [0, 0.1) is 31.6 Å². The summed E-state index contributed by atoms with van der Waals surface area (Å²) in [5.41, 5.74) is 15.6. The minimum absolute atomic E-state index is 0.00328. The molecule has 4 heterocycles. The Morgan fingerprint density at radius 2 is 1.06 bits per heavy atom. The van der Waals surface area contributed by atoms with Crippen LogP contribution in [0.4, 0.5) is 0 Å². The van der Waals surface area contributed by atoms with Crippen LogP contribution in [0.3, 0.4) is 0 Å². The summed E-state index contributed by atoms with van der Waals surface area (Å²) in [7, 11) is 0. The average Bonchev–Trinajstić information content (AvgIpc) is 3.89. The number of benzene rings is 2. The number of ketones is 2. The Labute approximate surface area is 440 Å². The maximum Gasteiger partial charge on any atom is 0.306 e. The number of pyridine rings is 2. The molecular weight excluding hydrogens is 962 g/mol.